The largest absolute Gasteiger partial charge is 0.882 e. The summed E-state index contributed by atoms with van der Waals surface area (Å²) in [6.45, 7) is 3.95. The number of rotatable bonds is 4. The monoisotopic (exact) mass is 343 g/mol. The predicted molar refractivity (Wildman–Crippen MR) is 100.0 cm³/mol. The molecule has 5 heteroatoms. The lowest BCUT2D eigenvalue weighted by molar-refractivity contribution is 0.463. The second kappa shape index (κ2) is 6.72. The van der Waals surface area contributed by atoms with Gasteiger partial charge in [0.05, 0.1) is 0 Å². The van der Waals surface area contributed by atoms with Gasteiger partial charge in [0, 0.05) is 22.2 Å². The molecule has 0 saturated heterocycles. The molecule has 121 valence electrons. The van der Waals surface area contributed by atoms with Crippen molar-refractivity contribution in [3.8, 4) is 11.5 Å². The Kier molecular flexibility index (Phi) is 4.27. The molecule has 2 aromatic carbocycles. The molecule has 0 aliphatic rings. The Labute approximate surface area is 152 Å². The van der Waals surface area contributed by atoms with Gasteiger partial charge in [-0.2, -0.15) is 0 Å². The topological polar surface area (TPSA) is 44.2 Å². The summed E-state index contributed by atoms with van der Waals surface area (Å²) >= 11 is -0.720. The molecule has 0 spiro atoms. The Hall–Kier alpha value is -2.61. The molecule has 0 amide bonds. The average Bonchev–Trinajstić information content (AvgIpc) is 2.62. The summed E-state index contributed by atoms with van der Waals surface area (Å²) in [7, 11) is 0. The number of aromatic nitrogens is 2. The fraction of sp³-hybridized carbons (Fsp3) is 0.100. The molecule has 1 radical (unpaired) electrons. The van der Waals surface area contributed by atoms with Gasteiger partial charge in [-0.15, -0.1) is 0 Å². The van der Waals surface area contributed by atoms with Crippen LogP contribution in [0.2, 0.25) is 0 Å². The molecule has 25 heavy (non-hydrogen) atoms. The Morgan fingerprint density at radius 1 is 0.640 bits per heavy atom. The lowest BCUT2D eigenvalue weighted by Gasteiger charge is -2.12. The Balaban J connectivity index is 1.57. The Morgan fingerprint density at radius 2 is 1.12 bits per heavy atom. The first kappa shape index (κ1) is 15.9. The molecule has 2 aromatic heterocycles. The Morgan fingerprint density at radius 3 is 1.60 bits per heavy atom. The SMILES string of the molecule is Cc1ccc2cccc([O][Al][O]c3cccc4ccc(C)nc34)c2n1. The molecule has 4 aromatic rings. The van der Waals surface area contributed by atoms with Crippen LogP contribution in [0.4, 0.5) is 0 Å². The van der Waals surface area contributed by atoms with Crippen LogP contribution >= 0.6 is 0 Å². The van der Waals surface area contributed by atoms with Crippen LogP contribution in [0.25, 0.3) is 21.8 Å². The first-order valence-electron chi connectivity index (χ1n) is 8.08. The van der Waals surface area contributed by atoms with Crippen molar-refractivity contribution in [2.45, 2.75) is 13.8 Å². The van der Waals surface area contributed by atoms with Crippen LogP contribution in [0.5, 0.6) is 11.5 Å². The van der Waals surface area contributed by atoms with Crippen molar-refractivity contribution in [2.24, 2.45) is 0 Å². The maximum absolute atomic E-state index is 5.93. The number of nitrogens with zero attached hydrogens (tertiary/aromatic N) is 2. The Bertz CT molecular complexity index is 981. The minimum atomic E-state index is -0.720. The van der Waals surface area contributed by atoms with Crippen LogP contribution in [0.1, 0.15) is 11.4 Å². The van der Waals surface area contributed by atoms with Gasteiger partial charge in [-0.3, -0.25) is 0 Å². The van der Waals surface area contributed by atoms with Crippen molar-refractivity contribution in [3.63, 3.8) is 0 Å². The van der Waals surface area contributed by atoms with Crippen LogP contribution < -0.4 is 7.58 Å². The first-order chi connectivity index (χ1) is 12.2. The maximum Gasteiger partial charge on any atom is 0.882 e. The highest BCUT2D eigenvalue weighted by atomic mass is 27.2. The molecule has 2 heterocycles. The highest BCUT2D eigenvalue weighted by molar-refractivity contribution is 6.21. The summed E-state index contributed by atoms with van der Waals surface area (Å²) in [6, 6.07) is 20.0. The summed E-state index contributed by atoms with van der Waals surface area (Å²) in [5, 5.41) is 2.12. The smallest absolute Gasteiger partial charge is 0.614 e. The quantitative estimate of drug-likeness (QED) is 0.516. The molecular formula is C20H16AlN2O2. The number of hydrogen-bond donors (Lipinski definition) is 0. The van der Waals surface area contributed by atoms with Gasteiger partial charge in [-0.1, -0.05) is 36.4 Å². The van der Waals surface area contributed by atoms with Crippen molar-refractivity contribution >= 4 is 37.7 Å². The van der Waals surface area contributed by atoms with Gasteiger partial charge in [-0.05, 0) is 38.1 Å². The van der Waals surface area contributed by atoms with Crippen LogP contribution in [0, 0.1) is 13.8 Å². The van der Waals surface area contributed by atoms with Crippen molar-refractivity contribution < 1.29 is 7.58 Å². The van der Waals surface area contributed by atoms with Crippen LogP contribution in [0.15, 0.2) is 60.7 Å². The third-order valence-electron chi connectivity index (χ3n) is 4.00. The number of benzene rings is 2. The second-order valence-corrected chi connectivity index (χ2v) is 6.56. The van der Waals surface area contributed by atoms with E-state index in [9.17, 15) is 0 Å². The minimum absolute atomic E-state index is 0.720. The summed E-state index contributed by atoms with van der Waals surface area (Å²) in [4.78, 5) is 9.17. The van der Waals surface area contributed by atoms with E-state index in [2.05, 4.69) is 22.1 Å². The van der Waals surface area contributed by atoms with Gasteiger partial charge < -0.3 is 7.58 Å². The molecule has 0 N–H and O–H groups in total. The zero-order valence-corrected chi connectivity index (χ0v) is 15.2. The molecule has 0 saturated carbocycles. The van der Waals surface area contributed by atoms with E-state index in [0.29, 0.717) is 0 Å². The zero-order chi connectivity index (χ0) is 17.2. The molecule has 4 rings (SSSR count). The van der Waals surface area contributed by atoms with Crippen LogP contribution in [0.3, 0.4) is 0 Å². The van der Waals surface area contributed by atoms with Crippen molar-refractivity contribution in [1.29, 1.82) is 0 Å². The molecule has 0 unspecified atom stereocenters. The number of pyridine rings is 2. The van der Waals surface area contributed by atoms with E-state index in [-0.39, 0.29) is 0 Å². The van der Waals surface area contributed by atoms with Gasteiger partial charge in [-0.25, -0.2) is 9.97 Å². The van der Waals surface area contributed by atoms with Crippen LogP contribution in [-0.2, 0) is 0 Å². The lowest BCUT2D eigenvalue weighted by Crippen LogP contribution is -2.12. The predicted octanol–water partition coefficient (Wildman–Crippen LogP) is 4.39. The van der Waals surface area contributed by atoms with E-state index in [4.69, 9.17) is 7.58 Å². The summed E-state index contributed by atoms with van der Waals surface area (Å²) in [5.74, 6) is 1.50. The van der Waals surface area contributed by atoms with E-state index in [1.807, 2.05) is 62.4 Å². The normalized spacial score (nSPS) is 10.8. The van der Waals surface area contributed by atoms with E-state index < -0.39 is 15.9 Å². The highest BCUT2D eigenvalue weighted by Gasteiger charge is 2.12. The van der Waals surface area contributed by atoms with Crippen molar-refractivity contribution in [3.05, 3.63) is 72.1 Å². The molecule has 0 atom stereocenters. The van der Waals surface area contributed by atoms with Gasteiger partial charge in [0.15, 0.2) is 0 Å². The number of para-hydroxylation sites is 2. The van der Waals surface area contributed by atoms with Gasteiger partial charge in [0.25, 0.3) is 0 Å². The number of aryl methyl sites for hydroxylation is 2. The van der Waals surface area contributed by atoms with E-state index >= 15 is 0 Å². The summed E-state index contributed by atoms with van der Waals surface area (Å²) in [6.07, 6.45) is 0. The van der Waals surface area contributed by atoms with E-state index in [0.717, 1.165) is 44.7 Å². The van der Waals surface area contributed by atoms with Crippen LogP contribution in [-0.4, -0.2) is 25.9 Å². The molecule has 0 fully saturated rings. The molecule has 0 aliphatic carbocycles. The molecular weight excluding hydrogens is 327 g/mol. The van der Waals surface area contributed by atoms with Gasteiger partial charge in [0.2, 0.25) is 0 Å². The standard InChI is InChI=1S/2C10H9NO.Al/c2*1-7-5-6-8-3-2-4-9(12)10(8)11-7;/h2*2-6,12H,1H3;/q;;+2/p-2. The van der Waals surface area contributed by atoms with Gasteiger partial charge in [0.1, 0.15) is 22.5 Å². The number of hydrogen-bond acceptors (Lipinski definition) is 4. The number of fused-ring (bicyclic) bond motifs is 2. The fourth-order valence-electron chi connectivity index (χ4n) is 2.75. The van der Waals surface area contributed by atoms with Crippen molar-refractivity contribution in [2.75, 3.05) is 0 Å². The third kappa shape index (κ3) is 3.30. The average molecular weight is 343 g/mol. The maximum atomic E-state index is 5.93. The minimum Gasteiger partial charge on any atom is -0.614 e. The van der Waals surface area contributed by atoms with Crippen molar-refractivity contribution in [1.82, 2.24) is 9.97 Å². The molecule has 4 nitrogen and oxygen atoms in total. The van der Waals surface area contributed by atoms with E-state index in [1.54, 1.807) is 0 Å². The second-order valence-electron chi connectivity index (χ2n) is 5.89. The first-order valence-corrected chi connectivity index (χ1v) is 9.03. The highest BCUT2D eigenvalue weighted by Crippen LogP contribution is 2.26. The van der Waals surface area contributed by atoms with E-state index in [1.165, 1.54) is 0 Å². The third-order valence-corrected chi connectivity index (χ3v) is 4.70. The summed E-state index contributed by atoms with van der Waals surface area (Å²) in [5.41, 5.74) is 3.66. The van der Waals surface area contributed by atoms with Gasteiger partial charge >= 0.3 is 15.9 Å². The molecule has 0 bridgehead atoms. The molecule has 0 aliphatic heterocycles. The lowest BCUT2D eigenvalue weighted by atomic mass is 10.2. The fourth-order valence-corrected chi connectivity index (χ4v) is 3.39. The zero-order valence-electron chi connectivity index (χ0n) is 14.1. The summed E-state index contributed by atoms with van der Waals surface area (Å²) < 4.78 is 11.9.